The van der Waals surface area contributed by atoms with Gasteiger partial charge in [0.15, 0.2) is 0 Å². The maximum Gasteiger partial charge on any atom is 0.229 e. The minimum atomic E-state index is -0.0315. The number of rotatable bonds is 3. The largest absolute Gasteiger partial charge is 0.352 e. The first-order valence-corrected chi connectivity index (χ1v) is 5.54. The molecule has 4 heteroatoms. The van der Waals surface area contributed by atoms with Crippen molar-refractivity contribution in [2.24, 2.45) is 7.05 Å². The van der Waals surface area contributed by atoms with E-state index in [4.69, 9.17) is 0 Å². The van der Waals surface area contributed by atoms with E-state index < -0.39 is 0 Å². The molecule has 0 unspecified atom stereocenters. The zero-order valence-corrected chi connectivity index (χ0v) is 9.69. The van der Waals surface area contributed by atoms with Crippen molar-refractivity contribution in [3.05, 3.63) is 23.5 Å². The lowest BCUT2D eigenvalue weighted by atomic mass is 10.3. The molecule has 1 aliphatic rings. The van der Waals surface area contributed by atoms with Gasteiger partial charge in [0.2, 0.25) is 11.8 Å². The molecule has 16 heavy (non-hydrogen) atoms. The van der Waals surface area contributed by atoms with Crippen molar-refractivity contribution >= 4 is 11.8 Å². The average Bonchev–Trinajstić information content (AvgIpc) is 2.73. The number of amides is 2. The number of aromatic nitrogens is 1. The number of likely N-dealkylation sites (tertiary alicyclic amines) is 1. The van der Waals surface area contributed by atoms with Gasteiger partial charge in [0.05, 0.1) is 0 Å². The van der Waals surface area contributed by atoms with Gasteiger partial charge >= 0.3 is 0 Å². The Hall–Kier alpha value is -1.58. The fraction of sp³-hybridized carbons (Fsp3) is 0.500. The van der Waals surface area contributed by atoms with Crippen molar-refractivity contribution in [2.75, 3.05) is 6.54 Å². The molecule has 1 aromatic rings. The van der Waals surface area contributed by atoms with E-state index in [1.807, 2.05) is 26.1 Å². The molecule has 0 atom stereocenters. The van der Waals surface area contributed by atoms with Gasteiger partial charge in [0, 0.05) is 44.2 Å². The van der Waals surface area contributed by atoms with Crippen molar-refractivity contribution in [1.82, 2.24) is 9.47 Å². The Bertz CT molecular complexity index is 418. The van der Waals surface area contributed by atoms with E-state index in [0.717, 1.165) is 12.1 Å². The SMILES string of the molecule is Cc1ccc(CCN2C(=O)CCC2=O)n1C. The summed E-state index contributed by atoms with van der Waals surface area (Å²) in [5.74, 6) is -0.0631. The molecule has 1 saturated heterocycles. The Balaban J connectivity index is 2.00. The molecule has 0 saturated carbocycles. The van der Waals surface area contributed by atoms with Crippen LogP contribution in [-0.4, -0.2) is 27.8 Å². The molecule has 0 radical (unpaired) electrons. The van der Waals surface area contributed by atoms with Crippen LogP contribution in [0.15, 0.2) is 12.1 Å². The van der Waals surface area contributed by atoms with Crippen LogP contribution >= 0.6 is 0 Å². The number of hydrogen-bond acceptors (Lipinski definition) is 2. The lowest BCUT2D eigenvalue weighted by Crippen LogP contribution is -2.31. The first-order chi connectivity index (χ1) is 7.59. The molecule has 1 aromatic heterocycles. The highest BCUT2D eigenvalue weighted by Crippen LogP contribution is 2.13. The zero-order valence-electron chi connectivity index (χ0n) is 9.69. The first-order valence-electron chi connectivity index (χ1n) is 5.54. The molecule has 0 aromatic carbocycles. The summed E-state index contributed by atoms with van der Waals surface area (Å²) in [5, 5.41) is 0. The molecular formula is C12H16N2O2. The second-order valence-corrected chi connectivity index (χ2v) is 4.21. The van der Waals surface area contributed by atoms with Crippen LogP contribution in [0.4, 0.5) is 0 Å². The maximum atomic E-state index is 11.4. The number of imide groups is 1. The third-order valence-corrected chi connectivity index (χ3v) is 3.22. The standard InChI is InChI=1S/C12H16N2O2/c1-9-3-4-10(13(9)2)7-8-14-11(15)5-6-12(14)16/h3-4H,5-8H2,1-2H3. The van der Waals surface area contributed by atoms with Crippen LogP contribution in [-0.2, 0) is 23.1 Å². The molecule has 0 bridgehead atoms. The Morgan fingerprint density at radius 1 is 1.19 bits per heavy atom. The molecule has 4 nitrogen and oxygen atoms in total. The molecule has 0 N–H and O–H groups in total. The number of aryl methyl sites for hydroxylation is 1. The molecule has 1 fully saturated rings. The smallest absolute Gasteiger partial charge is 0.229 e. The second-order valence-electron chi connectivity index (χ2n) is 4.21. The second kappa shape index (κ2) is 4.12. The van der Waals surface area contributed by atoms with Gasteiger partial charge in [0.1, 0.15) is 0 Å². The Kier molecular flexibility index (Phi) is 2.81. The van der Waals surface area contributed by atoms with Gasteiger partial charge in [-0.05, 0) is 19.1 Å². The molecule has 2 amide bonds. The third-order valence-electron chi connectivity index (χ3n) is 3.22. The van der Waals surface area contributed by atoms with Gasteiger partial charge in [-0.15, -0.1) is 0 Å². The van der Waals surface area contributed by atoms with Crippen LogP contribution < -0.4 is 0 Å². The summed E-state index contributed by atoms with van der Waals surface area (Å²) < 4.78 is 2.09. The van der Waals surface area contributed by atoms with Crippen LogP contribution in [0.5, 0.6) is 0 Å². The summed E-state index contributed by atoms with van der Waals surface area (Å²) in [4.78, 5) is 24.2. The fourth-order valence-corrected chi connectivity index (χ4v) is 2.02. The molecule has 86 valence electrons. The Morgan fingerprint density at radius 3 is 2.31 bits per heavy atom. The average molecular weight is 220 g/mol. The van der Waals surface area contributed by atoms with Gasteiger partial charge in [-0.3, -0.25) is 14.5 Å². The Labute approximate surface area is 94.8 Å². The monoisotopic (exact) mass is 220 g/mol. The van der Waals surface area contributed by atoms with Crippen LogP contribution in [0.3, 0.4) is 0 Å². The van der Waals surface area contributed by atoms with Gasteiger partial charge in [0.25, 0.3) is 0 Å². The molecule has 2 heterocycles. The normalized spacial score (nSPS) is 16.2. The van der Waals surface area contributed by atoms with Crippen LogP contribution in [0.25, 0.3) is 0 Å². The lowest BCUT2D eigenvalue weighted by molar-refractivity contribution is -0.138. The van der Waals surface area contributed by atoms with Crippen LogP contribution in [0.2, 0.25) is 0 Å². The predicted molar refractivity (Wildman–Crippen MR) is 59.8 cm³/mol. The van der Waals surface area contributed by atoms with E-state index >= 15 is 0 Å². The number of carbonyl (C=O) groups is 2. The first kappa shape index (κ1) is 10.9. The van der Waals surface area contributed by atoms with Gasteiger partial charge in [-0.2, -0.15) is 0 Å². The van der Waals surface area contributed by atoms with Crippen molar-refractivity contribution in [3.8, 4) is 0 Å². The maximum absolute atomic E-state index is 11.4. The molecular weight excluding hydrogens is 204 g/mol. The van der Waals surface area contributed by atoms with E-state index in [1.165, 1.54) is 10.6 Å². The van der Waals surface area contributed by atoms with Gasteiger partial charge in [-0.1, -0.05) is 0 Å². The van der Waals surface area contributed by atoms with Gasteiger partial charge < -0.3 is 4.57 Å². The zero-order chi connectivity index (χ0) is 11.7. The van der Waals surface area contributed by atoms with Gasteiger partial charge in [-0.25, -0.2) is 0 Å². The van der Waals surface area contributed by atoms with Crippen molar-refractivity contribution in [3.63, 3.8) is 0 Å². The number of carbonyl (C=O) groups excluding carboxylic acids is 2. The summed E-state index contributed by atoms with van der Waals surface area (Å²) in [5.41, 5.74) is 2.35. The highest BCUT2D eigenvalue weighted by Gasteiger charge is 2.28. The number of hydrogen-bond donors (Lipinski definition) is 0. The molecule has 0 spiro atoms. The van der Waals surface area contributed by atoms with E-state index in [2.05, 4.69) is 4.57 Å². The fourth-order valence-electron chi connectivity index (χ4n) is 2.02. The molecule has 1 aliphatic heterocycles. The summed E-state index contributed by atoms with van der Waals surface area (Å²) in [7, 11) is 2.00. The minimum absolute atomic E-state index is 0.0315. The van der Waals surface area contributed by atoms with Crippen molar-refractivity contribution in [2.45, 2.75) is 26.2 Å². The number of nitrogens with zero attached hydrogens (tertiary/aromatic N) is 2. The quantitative estimate of drug-likeness (QED) is 0.714. The lowest BCUT2D eigenvalue weighted by Gasteiger charge is -2.14. The predicted octanol–water partition coefficient (Wildman–Crippen LogP) is 1.03. The van der Waals surface area contributed by atoms with E-state index in [-0.39, 0.29) is 11.8 Å². The van der Waals surface area contributed by atoms with E-state index in [0.29, 0.717) is 19.4 Å². The van der Waals surface area contributed by atoms with Crippen molar-refractivity contribution < 1.29 is 9.59 Å². The van der Waals surface area contributed by atoms with Crippen LogP contribution in [0, 0.1) is 6.92 Å². The minimum Gasteiger partial charge on any atom is -0.352 e. The summed E-state index contributed by atoms with van der Waals surface area (Å²) in [6.45, 7) is 2.55. The third kappa shape index (κ3) is 1.87. The Morgan fingerprint density at radius 2 is 1.81 bits per heavy atom. The summed E-state index contributed by atoms with van der Waals surface area (Å²) in [6, 6.07) is 4.09. The van der Waals surface area contributed by atoms with E-state index in [1.54, 1.807) is 0 Å². The summed E-state index contributed by atoms with van der Waals surface area (Å²) in [6.07, 6.45) is 1.50. The van der Waals surface area contributed by atoms with Crippen LogP contribution in [0.1, 0.15) is 24.2 Å². The topological polar surface area (TPSA) is 42.3 Å². The van der Waals surface area contributed by atoms with Crippen molar-refractivity contribution in [1.29, 1.82) is 0 Å². The summed E-state index contributed by atoms with van der Waals surface area (Å²) >= 11 is 0. The molecule has 2 rings (SSSR count). The molecule has 0 aliphatic carbocycles. The highest BCUT2D eigenvalue weighted by atomic mass is 16.2. The van der Waals surface area contributed by atoms with E-state index in [9.17, 15) is 9.59 Å². The highest BCUT2D eigenvalue weighted by molar-refractivity contribution is 6.01.